The van der Waals surface area contributed by atoms with Gasteiger partial charge in [-0.15, -0.1) is 0 Å². The van der Waals surface area contributed by atoms with Crippen molar-refractivity contribution in [2.24, 2.45) is 16.1 Å². The number of hydrogen-bond donors (Lipinski definition) is 1. The smallest absolute Gasteiger partial charge is 0.244 e. The van der Waals surface area contributed by atoms with Crippen LogP contribution in [0.2, 0.25) is 0 Å². The first-order valence-corrected chi connectivity index (χ1v) is 4.65. The molecule has 1 amide bonds. The third kappa shape index (κ3) is 9.05. The van der Waals surface area contributed by atoms with Gasteiger partial charge in [0, 0.05) is 13.3 Å². The number of aliphatic imine (C=N–C) groups is 1. The molecule has 13 heavy (non-hydrogen) atoms. The van der Waals surface area contributed by atoms with E-state index in [0.717, 1.165) is 19.3 Å². The molecule has 0 saturated carbocycles. The lowest BCUT2D eigenvalue weighted by Gasteiger charge is -2.17. The van der Waals surface area contributed by atoms with Gasteiger partial charge in [-0.05, 0) is 18.3 Å². The van der Waals surface area contributed by atoms with E-state index in [1.54, 1.807) is 0 Å². The summed E-state index contributed by atoms with van der Waals surface area (Å²) in [6.07, 6.45) is 2.81. The molecule has 0 heterocycles. The monoisotopic (exact) mass is 184 g/mol. The van der Waals surface area contributed by atoms with Crippen molar-refractivity contribution >= 4 is 11.7 Å². The molecule has 2 N–H and O–H groups in total. The third-order valence-electron chi connectivity index (χ3n) is 1.66. The Kier molecular flexibility index (Phi) is 4.67. The highest BCUT2D eigenvalue weighted by Gasteiger charge is 2.09. The number of hydrogen-bond acceptors (Lipinski definition) is 1. The fourth-order valence-electron chi connectivity index (χ4n) is 1.06. The maximum atomic E-state index is 10.5. The van der Waals surface area contributed by atoms with Crippen LogP contribution < -0.4 is 5.73 Å². The largest absolute Gasteiger partial charge is 0.387 e. The van der Waals surface area contributed by atoms with E-state index in [1.807, 2.05) is 0 Å². The normalized spacial score (nSPS) is 13.1. The van der Waals surface area contributed by atoms with Crippen LogP contribution in [0.4, 0.5) is 0 Å². The average molecular weight is 184 g/mol. The molecular weight excluding hydrogens is 164 g/mol. The van der Waals surface area contributed by atoms with E-state index < -0.39 is 0 Å². The summed E-state index contributed by atoms with van der Waals surface area (Å²) < 4.78 is 0. The van der Waals surface area contributed by atoms with Crippen molar-refractivity contribution in [2.45, 2.75) is 47.0 Å². The highest BCUT2D eigenvalue weighted by Crippen LogP contribution is 2.21. The Morgan fingerprint density at radius 3 is 2.31 bits per heavy atom. The highest BCUT2D eigenvalue weighted by molar-refractivity contribution is 5.92. The Morgan fingerprint density at radius 1 is 1.38 bits per heavy atom. The maximum Gasteiger partial charge on any atom is 0.244 e. The van der Waals surface area contributed by atoms with Gasteiger partial charge in [0.25, 0.3) is 0 Å². The van der Waals surface area contributed by atoms with E-state index in [0.29, 0.717) is 11.3 Å². The zero-order chi connectivity index (χ0) is 10.5. The van der Waals surface area contributed by atoms with Crippen molar-refractivity contribution in [1.29, 1.82) is 0 Å². The molecule has 3 heteroatoms. The number of amidine groups is 1. The minimum atomic E-state index is -0.215. The lowest BCUT2D eigenvalue weighted by atomic mass is 9.90. The van der Waals surface area contributed by atoms with Gasteiger partial charge < -0.3 is 5.73 Å². The van der Waals surface area contributed by atoms with E-state index in [2.05, 4.69) is 25.8 Å². The number of amides is 1. The number of carbonyl (C=O) groups is 1. The van der Waals surface area contributed by atoms with Gasteiger partial charge in [-0.2, -0.15) is 0 Å². The van der Waals surface area contributed by atoms with Crippen molar-refractivity contribution in [1.82, 2.24) is 0 Å². The molecule has 0 saturated heterocycles. The second kappa shape index (κ2) is 5.00. The second-order valence-corrected chi connectivity index (χ2v) is 4.54. The molecule has 3 nitrogen and oxygen atoms in total. The molecule has 0 aliphatic heterocycles. The number of rotatable bonds is 3. The van der Waals surface area contributed by atoms with Gasteiger partial charge in [-0.1, -0.05) is 20.8 Å². The first-order chi connectivity index (χ1) is 5.81. The zero-order valence-corrected chi connectivity index (χ0v) is 9.05. The van der Waals surface area contributed by atoms with Crippen LogP contribution in [-0.2, 0) is 4.79 Å². The van der Waals surface area contributed by atoms with Crippen molar-refractivity contribution in [3.05, 3.63) is 0 Å². The van der Waals surface area contributed by atoms with E-state index in [-0.39, 0.29) is 5.91 Å². The first-order valence-electron chi connectivity index (χ1n) is 4.65. The van der Waals surface area contributed by atoms with Gasteiger partial charge >= 0.3 is 0 Å². The van der Waals surface area contributed by atoms with Crippen LogP contribution >= 0.6 is 0 Å². The van der Waals surface area contributed by atoms with Crippen LogP contribution in [0.1, 0.15) is 47.0 Å². The standard InChI is InChI=1S/C10H20N2O/c1-8(13)12-9(11)6-5-7-10(2,3)4/h5-7H2,1-4H3,(H2,11,12,13). The molecule has 0 radical (unpaired) electrons. The van der Waals surface area contributed by atoms with Crippen LogP contribution in [0, 0.1) is 5.41 Å². The van der Waals surface area contributed by atoms with Crippen LogP contribution in [0.25, 0.3) is 0 Å². The molecule has 0 aromatic rings. The van der Waals surface area contributed by atoms with E-state index in [9.17, 15) is 4.79 Å². The van der Waals surface area contributed by atoms with Gasteiger partial charge in [-0.3, -0.25) is 4.79 Å². The second-order valence-electron chi connectivity index (χ2n) is 4.54. The van der Waals surface area contributed by atoms with Gasteiger partial charge in [0.2, 0.25) is 5.91 Å². The first kappa shape index (κ1) is 12.1. The summed E-state index contributed by atoms with van der Waals surface area (Å²) in [5.41, 5.74) is 5.86. The molecular formula is C10H20N2O. The molecule has 0 aliphatic rings. The lowest BCUT2D eigenvalue weighted by Crippen LogP contribution is -2.14. The van der Waals surface area contributed by atoms with Crippen molar-refractivity contribution in [2.75, 3.05) is 0 Å². The van der Waals surface area contributed by atoms with Crippen LogP contribution in [0.15, 0.2) is 4.99 Å². The molecule has 0 unspecified atom stereocenters. The maximum absolute atomic E-state index is 10.5. The van der Waals surface area contributed by atoms with Gasteiger partial charge in [-0.25, -0.2) is 4.99 Å². The van der Waals surface area contributed by atoms with Crippen LogP contribution in [0.5, 0.6) is 0 Å². The highest BCUT2D eigenvalue weighted by atomic mass is 16.1. The van der Waals surface area contributed by atoms with Gasteiger partial charge in [0.05, 0.1) is 0 Å². The number of nitrogens with zero attached hydrogens (tertiary/aromatic N) is 1. The average Bonchev–Trinajstić information content (AvgIpc) is 1.81. The van der Waals surface area contributed by atoms with E-state index >= 15 is 0 Å². The molecule has 0 aliphatic carbocycles. The van der Waals surface area contributed by atoms with E-state index in [4.69, 9.17) is 5.73 Å². The van der Waals surface area contributed by atoms with Crippen molar-refractivity contribution in [3.63, 3.8) is 0 Å². The zero-order valence-electron chi connectivity index (χ0n) is 9.05. The Labute approximate surface area is 80.4 Å². The Balaban J connectivity index is 3.72. The Bertz CT molecular complexity index is 201. The molecule has 0 fully saturated rings. The molecule has 0 bridgehead atoms. The molecule has 0 spiro atoms. The molecule has 0 aromatic carbocycles. The van der Waals surface area contributed by atoms with Crippen molar-refractivity contribution in [3.8, 4) is 0 Å². The Hall–Kier alpha value is -0.860. The summed E-state index contributed by atoms with van der Waals surface area (Å²) in [5.74, 6) is 0.241. The fraction of sp³-hybridized carbons (Fsp3) is 0.800. The summed E-state index contributed by atoms with van der Waals surface area (Å²) >= 11 is 0. The SMILES string of the molecule is CC(=O)N=C(N)CCCC(C)(C)C. The van der Waals surface area contributed by atoms with Gasteiger partial charge in [0.1, 0.15) is 5.84 Å². The molecule has 76 valence electrons. The lowest BCUT2D eigenvalue weighted by molar-refractivity contribution is -0.115. The molecule has 0 aromatic heterocycles. The minimum Gasteiger partial charge on any atom is -0.387 e. The quantitative estimate of drug-likeness (QED) is 0.539. The third-order valence-corrected chi connectivity index (χ3v) is 1.66. The summed E-state index contributed by atoms with van der Waals surface area (Å²) in [7, 11) is 0. The number of nitrogens with two attached hydrogens (primary N) is 1. The number of carbonyl (C=O) groups excluding carboxylic acids is 1. The topological polar surface area (TPSA) is 55.5 Å². The molecule has 0 rings (SSSR count). The van der Waals surface area contributed by atoms with E-state index in [1.165, 1.54) is 6.92 Å². The Morgan fingerprint density at radius 2 is 1.92 bits per heavy atom. The fourth-order valence-corrected chi connectivity index (χ4v) is 1.06. The molecule has 0 atom stereocenters. The predicted molar refractivity (Wildman–Crippen MR) is 55.6 cm³/mol. The van der Waals surface area contributed by atoms with Crippen LogP contribution in [-0.4, -0.2) is 11.7 Å². The summed E-state index contributed by atoms with van der Waals surface area (Å²) in [6.45, 7) is 7.97. The summed E-state index contributed by atoms with van der Waals surface area (Å²) in [5, 5.41) is 0. The summed E-state index contributed by atoms with van der Waals surface area (Å²) in [6, 6.07) is 0. The van der Waals surface area contributed by atoms with Gasteiger partial charge in [0.15, 0.2) is 0 Å². The minimum absolute atomic E-state index is 0.215. The predicted octanol–water partition coefficient (Wildman–Crippen LogP) is 2.11. The summed E-state index contributed by atoms with van der Waals surface area (Å²) in [4.78, 5) is 14.2. The van der Waals surface area contributed by atoms with Crippen molar-refractivity contribution < 1.29 is 4.79 Å². The van der Waals surface area contributed by atoms with Crippen LogP contribution in [0.3, 0.4) is 0 Å².